The van der Waals surface area contributed by atoms with Crippen LogP contribution in [0.4, 0.5) is 0 Å². The van der Waals surface area contributed by atoms with Gasteiger partial charge in [0.05, 0.1) is 11.7 Å². The number of aryl methyl sites for hydroxylation is 2. The average Bonchev–Trinajstić information content (AvgIpc) is 3.23. The number of nitrogens with one attached hydrogen (secondary N) is 2. The first-order valence-electron chi connectivity index (χ1n) is 8.97. The number of nitrogens with zero attached hydrogens (tertiary/aromatic N) is 1. The first-order valence-corrected chi connectivity index (χ1v) is 8.97. The van der Waals surface area contributed by atoms with Gasteiger partial charge in [0.2, 0.25) is 5.89 Å². The number of H-pyrrole nitrogens is 1. The molecule has 2 aromatic carbocycles. The summed E-state index contributed by atoms with van der Waals surface area (Å²) in [5.74, 6) is 1.63. The first kappa shape index (κ1) is 16.6. The van der Waals surface area contributed by atoms with E-state index in [4.69, 9.17) is 4.42 Å². The van der Waals surface area contributed by atoms with Crippen molar-refractivity contribution in [3.8, 4) is 0 Å². The van der Waals surface area contributed by atoms with Gasteiger partial charge in [-0.2, -0.15) is 0 Å². The van der Waals surface area contributed by atoms with E-state index in [9.17, 15) is 0 Å². The van der Waals surface area contributed by atoms with Crippen LogP contribution in [-0.4, -0.2) is 9.97 Å². The molecule has 0 bridgehead atoms. The highest BCUT2D eigenvalue weighted by Crippen LogP contribution is 2.25. The highest BCUT2D eigenvalue weighted by atomic mass is 16.4. The Hall–Kier alpha value is -2.85. The monoisotopic (exact) mass is 345 g/mol. The summed E-state index contributed by atoms with van der Waals surface area (Å²) >= 11 is 0. The number of aromatic nitrogens is 2. The summed E-state index contributed by atoms with van der Waals surface area (Å²) in [7, 11) is 0. The lowest BCUT2D eigenvalue weighted by atomic mass is 10.0. The molecular formula is C22H23N3O. The van der Waals surface area contributed by atoms with Crippen LogP contribution in [0.5, 0.6) is 0 Å². The van der Waals surface area contributed by atoms with Crippen molar-refractivity contribution in [2.24, 2.45) is 0 Å². The molecule has 26 heavy (non-hydrogen) atoms. The molecule has 0 fully saturated rings. The van der Waals surface area contributed by atoms with Crippen molar-refractivity contribution in [2.45, 2.75) is 32.9 Å². The number of rotatable bonds is 6. The van der Waals surface area contributed by atoms with E-state index in [1.165, 1.54) is 16.5 Å². The average molecular weight is 345 g/mol. The molecule has 0 aliphatic rings. The predicted molar refractivity (Wildman–Crippen MR) is 104 cm³/mol. The van der Waals surface area contributed by atoms with Crippen LogP contribution in [0, 0.1) is 13.8 Å². The Morgan fingerprint density at radius 2 is 1.81 bits per heavy atom. The minimum Gasteiger partial charge on any atom is -0.444 e. The Morgan fingerprint density at radius 3 is 2.58 bits per heavy atom. The molecule has 4 nitrogen and oxygen atoms in total. The quantitative estimate of drug-likeness (QED) is 0.525. The summed E-state index contributed by atoms with van der Waals surface area (Å²) in [6.07, 6.45) is 2.90. The standard InChI is InChI=1S/C22H23N3O/c1-15-16(2)26-22(25-15)21(23-13-17-8-4-3-5-9-17)12-18-14-24-20-11-7-6-10-19(18)20/h3-11,14,21,23-24H,12-13H2,1-2H3. The number of hydrogen-bond donors (Lipinski definition) is 2. The van der Waals surface area contributed by atoms with Gasteiger partial charge >= 0.3 is 0 Å². The molecule has 2 aromatic heterocycles. The number of oxazole rings is 1. The lowest BCUT2D eigenvalue weighted by Gasteiger charge is -2.15. The van der Waals surface area contributed by atoms with Crippen molar-refractivity contribution in [1.29, 1.82) is 0 Å². The van der Waals surface area contributed by atoms with Crippen LogP contribution in [-0.2, 0) is 13.0 Å². The third-order valence-corrected chi connectivity index (χ3v) is 4.84. The molecule has 0 amide bonds. The molecule has 132 valence electrons. The van der Waals surface area contributed by atoms with Gasteiger partial charge in [-0.3, -0.25) is 0 Å². The van der Waals surface area contributed by atoms with E-state index >= 15 is 0 Å². The summed E-state index contributed by atoms with van der Waals surface area (Å²) in [5.41, 5.74) is 4.62. The van der Waals surface area contributed by atoms with E-state index in [1.54, 1.807) is 0 Å². The molecule has 2 heterocycles. The normalized spacial score (nSPS) is 12.5. The Balaban J connectivity index is 1.61. The fraction of sp³-hybridized carbons (Fsp3) is 0.227. The van der Waals surface area contributed by atoms with E-state index in [-0.39, 0.29) is 6.04 Å². The zero-order chi connectivity index (χ0) is 17.9. The lowest BCUT2D eigenvalue weighted by Crippen LogP contribution is -2.23. The Kier molecular flexibility index (Phi) is 4.59. The number of fused-ring (bicyclic) bond motifs is 1. The zero-order valence-corrected chi connectivity index (χ0v) is 15.1. The molecule has 0 spiro atoms. The predicted octanol–water partition coefficient (Wildman–Crippen LogP) is 4.85. The molecule has 0 saturated carbocycles. The van der Waals surface area contributed by atoms with E-state index in [0.29, 0.717) is 0 Å². The van der Waals surface area contributed by atoms with Crippen molar-refractivity contribution in [2.75, 3.05) is 0 Å². The first-order chi connectivity index (χ1) is 12.7. The van der Waals surface area contributed by atoms with Crippen molar-refractivity contribution >= 4 is 10.9 Å². The molecule has 1 atom stereocenters. The highest BCUT2D eigenvalue weighted by molar-refractivity contribution is 5.83. The van der Waals surface area contributed by atoms with Crippen LogP contribution in [0.2, 0.25) is 0 Å². The second-order valence-electron chi connectivity index (χ2n) is 6.68. The molecule has 0 radical (unpaired) electrons. The maximum absolute atomic E-state index is 5.94. The van der Waals surface area contributed by atoms with Gasteiger partial charge in [0.15, 0.2) is 0 Å². The molecule has 4 heteroatoms. The molecule has 1 unspecified atom stereocenters. The van der Waals surface area contributed by atoms with Gasteiger partial charge in [-0.25, -0.2) is 4.98 Å². The van der Waals surface area contributed by atoms with Crippen molar-refractivity contribution < 1.29 is 4.42 Å². The second kappa shape index (κ2) is 7.18. The Bertz CT molecular complexity index is 981. The van der Waals surface area contributed by atoms with Crippen molar-refractivity contribution in [3.63, 3.8) is 0 Å². The summed E-state index contributed by atoms with van der Waals surface area (Å²) in [6.45, 7) is 4.72. The van der Waals surface area contributed by atoms with Gasteiger partial charge in [0, 0.05) is 23.6 Å². The fourth-order valence-electron chi connectivity index (χ4n) is 3.25. The molecule has 4 aromatic rings. The summed E-state index contributed by atoms with van der Waals surface area (Å²) in [6, 6.07) is 18.8. The van der Waals surface area contributed by atoms with Crippen LogP contribution in [0.15, 0.2) is 65.2 Å². The van der Waals surface area contributed by atoms with Gasteiger partial charge in [0.25, 0.3) is 0 Å². The van der Waals surface area contributed by atoms with E-state index in [1.807, 2.05) is 19.9 Å². The summed E-state index contributed by atoms with van der Waals surface area (Å²) in [5, 5.41) is 4.87. The largest absolute Gasteiger partial charge is 0.444 e. The summed E-state index contributed by atoms with van der Waals surface area (Å²) < 4.78 is 5.94. The number of para-hydroxylation sites is 1. The smallest absolute Gasteiger partial charge is 0.212 e. The van der Waals surface area contributed by atoms with Gasteiger partial charge in [-0.15, -0.1) is 0 Å². The Labute approximate surface area is 153 Å². The maximum atomic E-state index is 5.94. The van der Waals surface area contributed by atoms with Gasteiger partial charge < -0.3 is 14.7 Å². The SMILES string of the molecule is Cc1nc(C(Cc2c[nH]c3ccccc23)NCc2ccccc2)oc1C. The van der Waals surface area contributed by atoms with E-state index in [2.05, 4.69) is 70.0 Å². The van der Waals surface area contributed by atoms with Crippen LogP contribution in [0.25, 0.3) is 10.9 Å². The second-order valence-corrected chi connectivity index (χ2v) is 6.68. The van der Waals surface area contributed by atoms with Gasteiger partial charge in [-0.05, 0) is 37.5 Å². The van der Waals surface area contributed by atoms with Crippen LogP contribution < -0.4 is 5.32 Å². The number of benzene rings is 2. The number of aromatic amines is 1. The van der Waals surface area contributed by atoms with Crippen LogP contribution in [0.1, 0.15) is 34.5 Å². The van der Waals surface area contributed by atoms with E-state index in [0.717, 1.165) is 35.8 Å². The van der Waals surface area contributed by atoms with Crippen molar-refractivity contribution in [3.05, 3.63) is 89.3 Å². The van der Waals surface area contributed by atoms with E-state index < -0.39 is 0 Å². The fourth-order valence-corrected chi connectivity index (χ4v) is 3.25. The lowest BCUT2D eigenvalue weighted by molar-refractivity contribution is 0.384. The van der Waals surface area contributed by atoms with Crippen LogP contribution >= 0.6 is 0 Å². The molecular weight excluding hydrogens is 322 g/mol. The Morgan fingerprint density at radius 1 is 1.04 bits per heavy atom. The molecule has 4 rings (SSSR count). The molecule has 0 aliphatic carbocycles. The highest BCUT2D eigenvalue weighted by Gasteiger charge is 2.20. The third kappa shape index (κ3) is 3.41. The molecule has 2 N–H and O–H groups in total. The summed E-state index contributed by atoms with van der Waals surface area (Å²) in [4.78, 5) is 8.00. The number of hydrogen-bond acceptors (Lipinski definition) is 3. The zero-order valence-electron chi connectivity index (χ0n) is 15.1. The minimum atomic E-state index is 0.0156. The van der Waals surface area contributed by atoms with Crippen LogP contribution in [0.3, 0.4) is 0 Å². The van der Waals surface area contributed by atoms with Gasteiger partial charge in [-0.1, -0.05) is 48.5 Å². The molecule has 0 saturated heterocycles. The third-order valence-electron chi connectivity index (χ3n) is 4.84. The maximum Gasteiger partial charge on any atom is 0.212 e. The topological polar surface area (TPSA) is 53.9 Å². The van der Waals surface area contributed by atoms with Gasteiger partial charge in [0.1, 0.15) is 5.76 Å². The van der Waals surface area contributed by atoms with Crippen molar-refractivity contribution in [1.82, 2.24) is 15.3 Å². The molecule has 0 aliphatic heterocycles. The minimum absolute atomic E-state index is 0.0156.